The molecule has 0 radical (unpaired) electrons. The molecule has 1 aromatic heterocycles. The van der Waals surface area contributed by atoms with Gasteiger partial charge in [0.25, 0.3) is 0 Å². The summed E-state index contributed by atoms with van der Waals surface area (Å²) >= 11 is 3.51. The van der Waals surface area contributed by atoms with Crippen LogP contribution in [0.5, 0.6) is 0 Å². The summed E-state index contributed by atoms with van der Waals surface area (Å²) in [6.07, 6.45) is 14.3. The molecule has 1 aromatic rings. The highest BCUT2D eigenvalue weighted by molar-refractivity contribution is 9.10. The minimum atomic E-state index is 0.751. The van der Waals surface area contributed by atoms with Crippen molar-refractivity contribution in [2.24, 2.45) is 0 Å². The second-order valence-corrected chi connectivity index (χ2v) is 5.19. The Balaban J connectivity index is 2.00. The first-order chi connectivity index (χ1) is 6.86. The molecule has 0 aromatic carbocycles. The second kappa shape index (κ2) is 5.01. The molecule has 1 saturated carbocycles. The van der Waals surface area contributed by atoms with Crippen molar-refractivity contribution in [2.45, 2.75) is 51.0 Å². The van der Waals surface area contributed by atoms with Gasteiger partial charge in [-0.05, 0) is 34.8 Å². The Morgan fingerprint density at radius 1 is 1.07 bits per heavy atom. The van der Waals surface area contributed by atoms with Crippen LogP contribution in [0.1, 0.15) is 51.0 Å². The maximum absolute atomic E-state index is 3.51. The number of aromatic nitrogens is 1. The predicted molar refractivity (Wildman–Crippen MR) is 63.5 cm³/mol. The highest BCUT2D eigenvalue weighted by Crippen LogP contribution is 2.27. The maximum atomic E-state index is 3.51. The van der Waals surface area contributed by atoms with Gasteiger partial charge in [-0.1, -0.05) is 32.1 Å². The van der Waals surface area contributed by atoms with Gasteiger partial charge in [0.1, 0.15) is 0 Å². The molecule has 2 rings (SSSR count). The van der Waals surface area contributed by atoms with Crippen molar-refractivity contribution in [1.29, 1.82) is 0 Å². The summed E-state index contributed by atoms with van der Waals surface area (Å²) in [5.74, 6) is 0. The molecule has 78 valence electrons. The monoisotopic (exact) mass is 255 g/mol. The van der Waals surface area contributed by atoms with Crippen LogP contribution in [0.3, 0.4) is 0 Å². The van der Waals surface area contributed by atoms with Crippen LogP contribution in [0.2, 0.25) is 0 Å². The maximum Gasteiger partial charge on any atom is 0.0352 e. The Hall–Kier alpha value is -0.240. The summed E-state index contributed by atoms with van der Waals surface area (Å²) < 4.78 is 3.59. The Labute approximate surface area is 94.6 Å². The van der Waals surface area contributed by atoms with Crippen molar-refractivity contribution >= 4 is 15.9 Å². The lowest BCUT2D eigenvalue weighted by atomic mass is 9.97. The van der Waals surface area contributed by atoms with Crippen LogP contribution in [-0.4, -0.2) is 4.57 Å². The molecule has 0 aliphatic heterocycles. The first-order valence-electron chi connectivity index (χ1n) is 5.69. The van der Waals surface area contributed by atoms with Crippen LogP contribution in [0.15, 0.2) is 22.9 Å². The average Bonchev–Trinajstić information content (AvgIpc) is 2.51. The fourth-order valence-corrected chi connectivity index (χ4v) is 2.70. The molecule has 0 bridgehead atoms. The summed E-state index contributed by atoms with van der Waals surface area (Å²) in [4.78, 5) is 0. The topological polar surface area (TPSA) is 4.93 Å². The Bertz CT molecular complexity index is 272. The Morgan fingerprint density at radius 2 is 1.71 bits per heavy atom. The van der Waals surface area contributed by atoms with Crippen LogP contribution in [0.25, 0.3) is 0 Å². The number of hydrogen-bond acceptors (Lipinski definition) is 0. The minimum Gasteiger partial charge on any atom is -0.350 e. The summed E-state index contributed by atoms with van der Waals surface area (Å²) in [6, 6.07) is 2.89. The zero-order chi connectivity index (χ0) is 9.80. The van der Waals surface area contributed by atoms with Gasteiger partial charge in [-0.25, -0.2) is 0 Å². The van der Waals surface area contributed by atoms with Crippen LogP contribution in [-0.2, 0) is 0 Å². The molecule has 1 nitrogen and oxygen atoms in total. The molecule has 1 heterocycles. The third-order valence-corrected chi connectivity index (χ3v) is 3.64. The normalized spacial score (nSPS) is 20.4. The third-order valence-electron chi connectivity index (χ3n) is 3.17. The molecule has 1 fully saturated rings. The van der Waals surface area contributed by atoms with Gasteiger partial charge in [0, 0.05) is 22.9 Å². The van der Waals surface area contributed by atoms with E-state index in [1.165, 1.54) is 49.4 Å². The fourth-order valence-electron chi connectivity index (χ4n) is 2.35. The highest BCUT2D eigenvalue weighted by Gasteiger charge is 2.12. The van der Waals surface area contributed by atoms with Crippen molar-refractivity contribution in [3.63, 3.8) is 0 Å². The van der Waals surface area contributed by atoms with E-state index in [1.54, 1.807) is 0 Å². The molecular weight excluding hydrogens is 238 g/mol. The summed E-state index contributed by atoms with van der Waals surface area (Å²) in [5, 5.41) is 0. The van der Waals surface area contributed by atoms with Gasteiger partial charge in [0.15, 0.2) is 0 Å². The van der Waals surface area contributed by atoms with Gasteiger partial charge in [-0.2, -0.15) is 0 Å². The van der Waals surface area contributed by atoms with E-state index in [2.05, 4.69) is 39.0 Å². The number of nitrogens with zero attached hydrogens (tertiary/aromatic N) is 1. The standard InChI is InChI=1S/C12H18BrN/c13-11-8-9-14(10-11)12-6-4-2-1-3-5-7-12/h8-10,12H,1-7H2. The van der Waals surface area contributed by atoms with Crippen molar-refractivity contribution in [3.05, 3.63) is 22.9 Å². The number of rotatable bonds is 1. The van der Waals surface area contributed by atoms with Gasteiger partial charge < -0.3 is 4.57 Å². The SMILES string of the molecule is Brc1ccn(C2CCCCCCC2)c1. The van der Waals surface area contributed by atoms with E-state index in [4.69, 9.17) is 0 Å². The van der Waals surface area contributed by atoms with E-state index in [1.807, 2.05) is 0 Å². The van der Waals surface area contributed by atoms with Crippen molar-refractivity contribution in [1.82, 2.24) is 4.57 Å². The molecule has 1 aliphatic rings. The van der Waals surface area contributed by atoms with E-state index in [-0.39, 0.29) is 0 Å². The van der Waals surface area contributed by atoms with Crippen molar-refractivity contribution in [3.8, 4) is 0 Å². The molecule has 1 aliphatic carbocycles. The molecule has 0 atom stereocenters. The summed E-state index contributed by atoms with van der Waals surface area (Å²) in [6.45, 7) is 0. The van der Waals surface area contributed by atoms with E-state index < -0.39 is 0 Å². The molecule has 0 saturated heterocycles. The molecule has 0 N–H and O–H groups in total. The first-order valence-corrected chi connectivity index (χ1v) is 6.48. The summed E-state index contributed by atoms with van der Waals surface area (Å²) in [5.41, 5.74) is 0. The smallest absolute Gasteiger partial charge is 0.0352 e. The van der Waals surface area contributed by atoms with Gasteiger partial charge in [0.2, 0.25) is 0 Å². The largest absolute Gasteiger partial charge is 0.350 e. The van der Waals surface area contributed by atoms with Crippen molar-refractivity contribution in [2.75, 3.05) is 0 Å². The molecule has 0 amide bonds. The van der Waals surface area contributed by atoms with E-state index in [9.17, 15) is 0 Å². The number of halogens is 1. The fraction of sp³-hybridized carbons (Fsp3) is 0.667. The lowest BCUT2D eigenvalue weighted by Gasteiger charge is -2.21. The molecule has 0 spiro atoms. The van der Waals surface area contributed by atoms with Gasteiger partial charge in [-0.3, -0.25) is 0 Å². The zero-order valence-electron chi connectivity index (χ0n) is 8.58. The van der Waals surface area contributed by atoms with Crippen LogP contribution >= 0.6 is 15.9 Å². The zero-order valence-corrected chi connectivity index (χ0v) is 10.2. The molecular formula is C12H18BrN. The van der Waals surface area contributed by atoms with Crippen LogP contribution in [0, 0.1) is 0 Å². The quantitative estimate of drug-likeness (QED) is 0.695. The van der Waals surface area contributed by atoms with Crippen LogP contribution < -0.4 is 0 Å². The third kappa shape index (κ3) is 2.63. The predicted octanol–water partition coefficient (Wildman–Crippen LogP) is 4.54. The Kier molecular flexibility index (Phi) is 3.68. The average molecular weight is 256 g/mol. The first kappa shape index (κ1) is 10.3. The Morgan fingerprint density at radius 3 is 2.29 bits per heavy atom. The van der Waals surface area contributed by atoms with E-state index in [0.717, 1.165) is 6.04 Å². The van der Waals surface area contributed by atoms with Crippen LogP contribution in [0.4, 0.5) is 0 Å². The molecule has 2 heteroatoms. The second-order valence-electron chi connectivity index (χ2n) is 4.28. The van der Waals surface area contributed by atoms with E-state index in [0.29, 0.717) is 0 Å². The van der Waals surface area contributed by atoms with E-state index >= 15 is 0 Å². The van der Waals surface area contributed by atoms with Gasteiger partial charge in [-0.15, -0.1) is 0 Å². The molecule has 14 heavy (non-hydrogen) atoms. The van der Waals surface area contributed by atoms with Gasteiger partial charge in [0.05, 0.1) is 0 Å². The van der Waals surface area contributed by atoms with Gasteiger partial charge >= 0.3 is 0 Å². The van der Waals surface area contributed by atoms with Crippen molar-refractivity contribution < 1.29 is 0 Å². The lowest BCUT2D eigenvalue weighted by Crippen LogP contribution is -2.08. The minimum absolute atomic E-state index is 0.751. The molecule has 0 unspecified atom stereocenters. The highest BCUT2D eigenvalue weighted by atomic mass is 79.9. The number of hydrogen-bond donors (Lipinski definition) is 0. The lowest BCUT2D eigenvalue weighted by molar-refractivity contribution is 0.373. The summed E-state index contributed by atoms with van der Waals surface area (Å²) in [7, 11) is 0.